The van der Waals surface area contributed by atoms with Gasteiger partial charge in [-0.05, 0) is 31.2 Å². The van der Waals surface area contributed by atoms with Crippen LogP contribution in [0.4, 0.5) is 0 Å². The van der Waals surface area contributed by atoms with Crippen LogP contribution in [0, 0.1) is 0 Å². The predicted molar refractivity (Wildman–Crippen MR) is 55.4 cm³/mol. The van der Waals surface area contributed by atoms with Gasteiger partial charge in [0.05, 0.1) is 7.11 Å². The van der Waals surface area contributed by atoms with Crippen LogP contribution >= 0.6 is 11.3 Å². The van der Waals surface area contributed by atoms with E-state index in [1.807, 2.05) is 0 Å². The molecule has 74 valence electrons. The molecule has 0 bridgehead atoms. The largest absolute Gasteiger partial charge is 0.465 e. The number of methoxy groups -OCH3 is 1. The molecule has 0 amide bonds. The SMILES string of the molecule is COC(=O)c1ccc(/C=C/C(C)=O)s1. The van der Waals surface area contributed by atoms with Crippen LogP contribution in [0.1, 0.15) is 21.5 Å². The maximum absolute atomic E-state index is 11.1. The molecule has 0 saturated carbocycles. The lowest BCUT2D eigenvalue weighted by Gasteiger charge is -1.91. The number of carbonyl (C=O) groups is 2. The molecule has 14 heavy (non-hydrogen) atoms. The molecule has 0 saturated heterocycles. The monoisotopic (exact) mass is 210 g/mol. The summed E-state index contributed by atoms with van der Waals surface area (Å²) in [5, 5.41) is 0. The van der Waals surface area contributed by atoms with Gasteiger partial charge < -0.3 is 4.74 Å². The number of carbonyl (C=O) groups excluding carboxylic acids is 2. The van der Waals surface area contributed by atoms with E-state index in [1.54, 1.807) is 18.2 Å². The molecule has 0 atom stereocenters. The van der Waals surface area contributed by atoms with Crippen molar-refractivity contribution in [3.05, 3.63) is 28.0 Å². The van der Waals surface area contributed by atoms with Crippen molar-refractivity contribution in [2.24, 2.45) is 0 Å². The van der Waals surface area contributed by atoms with Crippen LogP contribution in [0.5, 0.6) is 0 Å². The zero-order valence-corrected chi connectivity index (χ0v) is 8.76. The number of esters is 1. The molecule has 1 aromatic heterocycles. The molecule has 0 fully saturated rings. The van der Waals surface area contributed by atoms with E-state index >= 15 is 0 Å². The zero-order chi connectivity index (χ0) is 10.6. The molecule has 1 aromatic rings. The van der Waals surface area contributed by atoms with Crippen molar-refractivity contribution in [3.8, 4) is 0 Å². The Kier molecular flexibility index (Phi) is 3.59. The molecule has 4 heteroatoms. The fourth-order valence-corrected chi connectivity index (χ4v) is 1.68. The van der Waals surface area contributed by atoms with Crippen LogP contribution in [-0.4, -0.2) is 18.9 Å². The fourth-order valence-electron chi connectivity index (χ4n) is 0.852. The lowest BCUT2D eigenvalue weighted by Crippen LogP contribution is -1.96. The minimum atomic E-state index is -0.350. The van der Waals surface area contributed by atoms with Gasteiger partial charge in [0.1, 0.15) is 4.88 Å². The second-order valence-electron chi connectivity index (χ2n) is 2.64. The van der Waals surface area contributed by atoms with E-state index in [9.17, 15) is 9.59 Å². The van der Waals surface area contributed by atoms with Crippen molar-refractivity contribution in [1.29, 1.82) is 0 Å². The Morgan fingerprint density at radius 3 is 2.71 bits per heavy atom. The van der Waals surface area contributed by atoms with E-state index in [0.29, 0.717) is 4.88 Å². The van der Waals surface area contributed by atoms with E-state index in [2.05, 4.69) is 4.74 Å². The molecule has 0 radical (unpaired) electrons. The van der Waals surface area contributed by atoms with E-state index in [-0.39, 0.29) is 11.8 Å². The van der Waals surface area contributed by atoms with Gasteiger partial charge in [0.2, 0.25) is 0 Å². The van der Waals surface area contributed by atoms with E-state index in [1.165, 1.54) is 31.4 Å². The Morgan fingerprint density at radius 1 is 1.43 bits per heavy atom. The summed E-state index contributed by atoms with van der Waals surface area (Å²) in [7, 11) is 1.34. The highest BCUT2D eigenvalue weighted by molar-refractivity contribution is 7.14. The minimum absolute atomic E-state index is 0.0157. The number of thiophene rings is 1. The highest BCUT2D eigenvalue weighted by atomic mass is 32.1. The summed E-state index contributed by atoms with van der Waals surface area (Å²) in [6.07, 6.45) is 3.15. The standard InChI is InChI=1S/C10H10O3S/c1-7(11)3-4-8-5-6-9(14-8)10(12)13-2/h3-6H,1-2H3/b4-3+. The summed E-state index contributed by atoms with van der Waals surface area (Å²) >= 11 is 1.29. The van der Waals surface area contributed by atoms with Gasteiger partial charge in [-0.3, -0.25) is 4.79 Å². The van der Waals surface area contributed by atoms with Crippen LogP contribution < -0.4 is 0 Å². The smallest absolute Gasteiger partial charge is 0.348 e. The molecule has 1 rings (SSSR count). The number of allylic oxidation sites excluding steroid dienone is 1. The van der Waals surface area contributed by atoms with Gasteiger partial charge in [0, 0.05) is 4.88 Å². The molecule has 3 nitrogen and oxygen atoms in total. The zero-order valence-electron chi connectivity index (χ0n) is 7.94. The Hall–Kier alpha value is -1.42. The van der Waals surface area contributed by atoms with Gasteiger partial charge in [0.15, 0.2) is 5.78 Å². The third-order valence-corrected chi connectivity index (χ3v) is 2.53. The van der Waals surface area contributed by atoms with E-state index in [4.69, 9.17) is 0 Å². The molecule has 0 spiro atoms. The Balaban J connectivity index is 2.78. The van der Waals surface area contributed by atoms with Crippen molar-refractivity contribution < 1.29 is 14.3 Å². The second-order valence-corrected chi connectivity index (χ2v) is 3.75. The van der Waals surface area contributed by atoms with Crippen molar-refractivity contribution >= 4 is 29.2 Å². The Morgan fingerprint density at radius 2 is 2.14 bits per heavy atom. The molecular weight excluding hydrogens is 200 g/mol. The highest BCUT2D eigenvalue weighted by Crippen LogP contribution is 2.18. The molecule has 0 aliphatic heterocycles. The summed E-state index contributed by atoms with van der Waals surface area (Å²) in [6, 6.07) is 3.45. The third-order valence-electron chi connectivity index (χ3n) is 1.50. The van der Waals surface area contributed by atoms with Crippen LogP contribution in [-0.2, 0) is 9.53 Å². The summed E-state index contributed by atoms with van der Waals surface area (Å²) in [4.78, 5) is 23.1. The highest BCUT2D eigenvalue weighted by Gasteiger charge is 2.07. The number of hydrogen-bond acceptors (Lipinski definition) is 4. The van der Waals surface area contributed by atoms with Gasteiger partial charge in [-0.2, -0.15) is 0 Å². The predicted octanol–water partition coefficient (Wildman–Crippen LogP) is 2.14. The first-order chi connectivity index (χ1) is 6.63. The Bertz CT molecular complexity index is 376. The van der Waals surface area contributed by atoms with E-state index in [0.717, 1.165) is 4.88 Å². The number of hydrogen-bond donors (Lipinski definition) is 0. The van der Waals surface area contributed by atoms with Gasteiger partial charge in [-0.1, -0.05) is 0 Å². The molecule has 0 aliphatic rings. The van der Waals surface area contributed by atoms with Crippen molar-refractivity contribution in [1.82, 2.24) is 0 Å². The fraction of sp³-hybridized carbons (Fsp3) is 0.200. The lowest BCUT2D eigenvalue weighted by atomic mass is 10.3. The molecular formula is C10H10O3S. The number of ketones is 1. The molecule has 1 heterocycles. The average Bonchev–Trinajstić information content (AvgIpc) is 2.62. The third kappa shape index (κ3) is 2.81. The first-order valence-electron chi connectivity index (χ1n) is 4.00. The summed E-state index contributed by atoms with van der Waals surface area (Å²) in [5.41, 5.74) is 0. The quantitative estimate of drug-likeness (QED) is 0.567. The molecule has 0 aliphatic carbocycles. The lowest BCUT2D eigenvalue weighted by molar-refractivity contribution is -0.112. The maximum atomic E-state index is 11.1. The number of rotatable bonds is 3. The maximum Gasteiger partial charge on any atom is 0.348 e. The summed E-state index contributed by atoms with van der Waals surface area (Å²) in [5.74, 6) is -0.365. The summed E-state index contributed by atoms with van der Waals surface area (Å²) < 4.78 is 4.56. The second kappa shape index (κ2) is 4.72. The van der Waals surface area contributed by atoms with Crippen molar-refractivity contribution in [2.45, 2.75) is 6.92 Å². The minimum Gasteiger partial charge on any atom is -0.465 e. The molecule has 0 aromatic carbocycles. The topological polar surface area (TPSA) is 43.4 Å². The van der Waals surface area contributed by atoms with Crippen molar-refractivity contribution in [3.63, 3.8) is 0 Å². The first kappa shape index (κ1) is 10.7. The van der Waals surface area contributed by atoms with Crippen LogP contribution in [0.3, 0.4) is 0 Å². The first-order valence-corrected chi connectivity index (χ1v) is 4.82. The Labute approximate surface area is 86.0 Å². The van der Waals surface area contributed by atoms with E-state index < -0.39 is 0 Å². The number of ether oxygens (including phenoxy) is 1. The summed E-state index contributed by atoms with van der Waals surface area (Å²) in [6.45, 7) is 1.48. The van der Waals surface area contributed by atoms with Gasteiger partial charge in [-0.25, -0.2) is 4.79 Å². The average molecular weight is 210 g/mol. The van der Waals surface area contributed by atoms with Crippen LogP contribution in [0.25, 0.3) is 6.08 Å². The van der Waals surface area contributed by atoms with Crippen LogP contribution in [0.15, 0.2) is 18.2 Å². The normalized spacial score (nSPS) is 10.4. The van der Waals surface area contributed by atoms with Gasteiger partial charge in [0.25, 0.3) is 0 Å². The van der Waals surface area contributed by atoms with Crippen molar-refractivity contribution in [2.75, 3.05) is 7.11 Å². The van der Waals surface area contributed by atoms with Gasteiger partial charge in [-0.15, -0.1) is 11.3 Å². The molecule has 0 N–H and O–H groups in total. The van der Waals surface area contributed by atoms with Crippen LogP contribution in [0.2, 0.25) is 0 Å². The molecule has 0 unspecified atom stereocenters. The van der Waals surface area contributed by atoms with Gasteiger partial charge >= 0.3 is 5.97 Å².